The molecule has 2 heterocycles. The van der Waals surface area contributed by atoms with Crippen LogP contribution >= 0.6 is 0 Å². The van der Waals surface area contributed by atoms with Crippen molar-refractivity contribution in [1.29, 1.82) is 5.26 Å². The standard InChI is InChI=1S/C22H20N4O4/c23-12-15-1-3-16(4-2-15)14-30-22(28)17-5-6-18-19(11-17)24-20(25-21(18)27)13-26-7-9-29-10-8-26/h1-6,11H,7-10,13-14H2,(H,24,25,27)/p+1. The van der Waals surface area contributed by atoms with Gasteiger partial charge in [0.15, 0.2) is 5.82 Å². The Morgan fingerprint density at radius 3 is 2.70 bits per heavy atom. The number of quaternary nitrogens is 1. The van der Waals surface area contributed by atoms with Gasteiger partial charge in [0.1, 0.15) is 26.2 Å². The van der Waals surface area contributed by atoms with Gasteiger partial charge in [0.05, 0.1) is 41.3 Å². The molecule has 2 aromatic carbocycles. The number of carbonyl (C=O) groups excluding carboxylic acids is 1. The van der Waals surface area contributed by atoms with E-state index in [0.29, 0.717) is 47.6 Å². The van der Waals surface area contributed by atoms with E-state index in [-0.39, 0.29) is 12.2 Å². The number of hydrogen-bond acceptors (Lipinski definition) is 6. The predicted octanol–water partition coefficient (Wildman–Crippen LogP) is 0.567. The van der Waals surface area contributed by atoms with Gasteiger partial charge in [-0.05, 0) is 35.9 Å². The van der Waals surface area contributed by atoms with E-state index in [2.05, 4.69) is 9.97 Å². The third kappa shape index (κ3) is 4.54. The molecule has 1 saturated heterocycles. The van der Waals surface area contributed by atoms with E-state index in [1.165, 1.54) is 4.90 Å². The first-order chi connectivity index (χ1) is 14.6. The number of H-pyrrole nitrogens is 1. The zero-order valence-electron chi connectivity index (χ0n) is 16.3. The summed E-state index contributed by atoms with van der Waals surface area (Å²) >= 11 is 0. The molecule has 0 saturated carbocycles. The van der Waals surface area contributed by atoms with E-state index in [1.807, 2.05) is 6.07 Å². The lowest BCUT2D eigenvalue weighted by Crippen LogP contribution is -3.12. The molecular formula is C22H21N4O4+. The molecule has 1 aliphatic rings. The minimum absolute atomic E-state index is 0.0943. The van der Waals surface area contributed by atoms with Crippen molar-refractivity contribution >= 4 is 16.9 Å². The van der Waals surface area contributed by atoms with E-state index in [4.69, 9.17) is 14.7 Å². The Morgan fingerprint density at radius 1 is 1.20 bits per heavy atom. The molecule has 0 amide bonds. The Balaban J connectivity index is 1.49. The molecule has 1 aliphatic heterocycles. The van der Waals surface area contributed by atoms with E-state index < -0.39 is 5.97 Å². The Bertz CT molecular complexity index is 1160. The van der Waals surface area contributed by atoms with Crippen molar-refractivity contribution in [3.63, 3.8) is 0 Å². The molecule has 0 aliphatic carbocycles. The summed E-state index contributed by atoms with van der Waals surface area (Å²) in [5.74, 6) is 0.0937. The maximum atomic E-state index is 12.5. The van der Waals surface area contributed by atoms with Crippen molar-refractivity contribution in [2.45, 2.75) is 13.2 Å². The van der Waals surface area contributed by atoms with Crippen molar-refractivity contribution in [2.75, 3.05) is 26.3 Å². The van der Waals surface area contributed by atoms with Gasteiger partial charge in [-0.15, -0.1) is 0 Å². The summed E-state index contributed by atoms with van der Waals surface area (Å²) in [6, 6.07) is 13.6. The van der Waals surface area contributed by atoms with Crippen molar-refractivity contribution in [3.8, 4) is 6.07 Å². The molecule has 3 aromatic rings. The summed E-state index contributed by atoms with van der Waals surface area (Å²) in [7, 11) is 0. The van der Waals surface area contributed by atoms with Crippen LogP contribution < -0.4 is 10.5 Å². The third-order valence-electron chi connectivity index (χ3n) is 5.06. The fraction of sp³-hybridized carbons (Fsp3) is 0.273. The molecule has 0 radical (unpaired) electrons. The number of carbonyl (C=O) groups is 1. The van der Waals surface area contributed by atoms with Gasteiger partial charge >= 0.3 is 5.97 Å². The summed E-state index contributed by atoms with van der Waals surface area (Å²) in [4.78, 5) is 33.6. The number of fused-ring (bicyclic) bond motifs is 1. The smallest absolute Gasteiger partial charge is 0.338 e. The fourth-order valence-corrected chi connectivity index (χ4v) is 3.38. The zero-order valence-corrected chi connectivity index (χ0v) is 16.3. The minimum Gasteiger partial charge on any atom is -0.457 e. The third-order valence-corrected chi connectivity index (χ3v) is 5.06. The van der Waals surface area contributed by atoms with Crippen LogP contribution in [0.5, 0.6) is 0 Å². The van der Waals surface area contributed by atoms with Gasteiger partial charge in [0.2, 0.25) is 0 Å². The first-order valence-corrected chi connectivity index (χ1v) is 9.73. The van der Waals surface area contributed by atoms with Gasteiger partial charge in [-0.3, -0.25) is 4.79 Å². The summed E-state index contributed by atoms with van der Waals surface area (Å²) < 4.78 is 10.7. The molecule has 30 heavy (non-hydrogen) atoms. The minimum atomic E-state index is -0.497. The summed E-state index contributed by atoms with van der Waals surface area (Å²) in [6.07, 6.45) is 0. The quantitative estimate of drug-likeness (QED) is 0.601. The monoisotopic (exact) mass is 405 g/mol. The lowest BCUT2D eigenvalue weighted by Gasteiger charge is -2.23. The average Bonchev–Trinajstić information content (AvgIpc) is 2.78. The Kier molecular flexibility index (Phi) is 5.84. The predicted molar refractivity (Wildman–Crippen MR) is 108 cm³/mol. The van der Waals surface area contributed by atoms with Crippen molar-refractivity contribution in [2.24, 2.45) is 0 Å². The largest absolute Gasteiger partial charge is 0.457 e. The number of ether oxygens (including phenoxy) is 2. The lowest BCUT2D eigenvalue weighted by atomic mass is 10.1. The molecule has 4 rings (SSSR count). The topological polar surface area (TPSA) is 110 Å². The van der Waals surface area contributed by atoms with Gasteiger partial charge in [-0.2, -0.15) is 5.26 Å². The lowest BCUT2D eigenvalue weighted by molar-refractivity contribution is -0.922. The molecule has 0 unspecified atom stereocenters. The van der Waals surface area contributed by atoms with Crippen LogP contribution in [0, 0.1) is 11.3 Å². The molecule has 2 N–H and O–H groups in total. The maximum Gasteiger partial charge on any atom is 0.338 e. The van der Waals surface area contributed by atoms with Gasteiger partial charge in [-0.1, -0.05) is 12.1 Å². The second-order valence-electron chi connectivity index (χ2n) is 7.17. The Labute approximate surface area is 172 Å². The van der Waals surface area contributed by atoms with Crippen LogP contribution in [0.25, 0.3) is 10.9 Å². The number of aromatic nitrogens is 2. The van der Waals surface area contributed by atoms with Crippen molar-refractivity contribution < 1.29 is 19.2 Å². The highest BCUT2D eigenvalue weighted by molar-refractivity contribution is 5.94. The van der Waals surface area contributed by atoms with Crippen LogP contribution in [0.1, 0.15) is 27.3 Å². The average molecular weight is 405 g/mol. The van der Waals surface area contributed by atoms with Crippen LogP contribution in [-0.4, -0.2) is 42.2 Å². The molecule has 152 valence electrons. The number of benzene rings is 2. The number of nitriles is 1. The van der Waals surface area contributed by atoms with E-state index in [0.717, 1.165) is 18.7 Å². The number of esters is 1. The van der Waals surface area contributed by atoms with Crippen LogP contribution in [0.2, 0.25) is 0 Å². The van der Waals surface area contributed by atoms with E-state index in [1.54, 1.807) is 42.5 Å². The molecular weight excluding hydrogens is 384 g/mol. The van der Waals surface area contributed by atoms with Crippen LogP contribution in [0.15, 0.2) is 47.3 Å². The first-order valence-electron chi connectivity index (χ1n) is 9.73. The number of morpholine rings is 1. The van der Waals surface area contributed by atoms with Gasteiger partial charge < -0.3 is 19.4 Å². The van der Waals surface area contributed by atoms with Crippen molar-refractivity contribution in [3.05, 3.63) is 75.3 Å². The molecule has 1 fully saturated rings. The van der Waals surface area contributed by atoms with Crippen LogP contribution in [-0.2, 0) is 22.6 Å². The molecule has 0 bridgehead atoms. The number of nitrogens with zero attached hydrogens (tertiary/aromatic N) is 2. The van der Waals surface area contributed by atoms with Gasteiger partial charge in [-0.25, -0.2) is 9.78 Å². The van der Waals surface area contributed by atoms with Crippen molar-refractivity contribution in [1.82, 2.24) is 9.97 Å². The molecule has 1 aromatic heterocycles. The molecule has 0 spiro atoms. The highest BCUT2D eigenvalue weighted by atomic mass is 16.5. The highest BCUT2D eigenvalue weighted by Crippen LogP contribution is 2.13. The zero-order chi connectivity index (χ0) is 20.9. The maximum absolute atomic E-state index is 12.5. The number of rotatable bonds is 5. The number of hydrogen-bond donors (Lipinski definition) is 2. The van der Waals surface area contributed by atoms with Gasteiger partial charge in [0.25, 0.3) is 5.56 Å². The van der Waals surface area contributed by atoms with Crippen LogP contribution in [0.4, 0.5) is 0 Å². The highest BCUT2D eigenvalue weighted by Gasteiger charge is 2.17. The SMILES string of the molecule is N#Cc1ccc(COC(=O)c2ccc3c(=O)[nH]c(C[NH+]4CCOCC4)nc3c2)cc1. The normalized spacial score (nSPS) is 14.4. The Hall–Kier alpha value is -3.54. The number of aromatic amines is 1. The first kappa shape index (κ1) is 19.8. The second-order valence-corrected chi connectivity index (χ2v) is 7.17. The summed E-state index contributed by atoms with van der Waals surface area (Å²) in [5, 5.41) is 9.27. The van der Waals surface area contributed by atoms with E-state index in [9.17, 15) is 9.59 Å². The van der Waals surface area contributed by atoms with Crippen LogP contribution in [0.3, 0.4) is 0 Å². The summed E-state index contributed by atoms with van der Waals surface area (Å²) in [5.41, 5.74) is 1.91. The molecule has 8 nitrogen and oxygen atoms in total. The van der Waals surface area contributed by atoms with Gasteiger partial charge in [0, 0.05) is 0 Å². The fourth-order valence-electron chi connectivity index (χ4n) is 3.38. The molecule has 0 atom stereocenters. The number of nitrogens with one attached hydrogen (secondary N) is 2. The Morgan fingerprint density at radius 2 is 1.97 bits per heavy atom. The van der Waals surface area contributed by atoms with E-state index >= 15 is 0 Å². The molecule has 8 heteroatoms. The second kappa shape index (κ2) is 8.86. The summed E-state index contributed by atoms with van der Waals surface area (Å²) in [6.45, 7) is 3.82.